The van der Waals surface area contributed by atoms with Crippen molar-refractivity contribution < 1.29 is 36.2 Å². The third kappa shape index (κ3) is 53.0. The first-order valence-electron chi connectivity index (χ1n) is 49.9. The number of hydrogen-bond acceptors (Lipinski definition) is 35. The number of amides is 1. The molecule has 2 aliphatic heterocycles. The molecule has 0 fully saturated rings. The van der Waals surface area contributed by atoms with Gasteiger partial charge < -0.3 is 26.6 Å². The van der Waals surface area contributed by atoms with Crippen LogP contribution in [0.1, 0.15) is 436 Å². The van der Waals surface area contributed by atoms with E-state index in [1.807, 2.05) is 164 Å². The van der Waals surface area contributed by atoms with Gasteiger partial charge in [-0.2, -0.15) is 10.1 Å². The first-order chi connectivity index (χ1) is 66.9. The van der Waals surface area contributed by atoms with Crippen molar-refractivity contribution in [3.8, 4) is 11.4 Å². The van der Waals surface area contributed by atoms with Crippen LogP contribution >= 0.6 is 68.4 Å². The number of ketones is 1. The van der Waals surface area contributed by atoms with Gasteiger partial charge in [0.1, 0.15) is 32.6 Å². The number of hydrogen-bond donors (Lipinski definition) is 0. The number of thioether (sulfide) groups is 1. The van der Waals surface area contributed by atoms with E-state index in [2.05, 4.69) is 349 Å². The summed E-state index contributed by atoms with van der Waals surface area (Å²) in [5.74, 6) is 10.3. The van der Waals surface area contributed by atoms with Gasteiger partial charge >= 0.3 is 0 Å². The molecule has 12 aromatic heterocycles. The highest BCUT2D eigenvalue weighted by Crippen LogP contribution is 2.34. The van der Waals surface area contributed by atoms with E-state index in [1.54, 1.807) is 88.5 Å². The van der Waals surface area contributed by atoms with Crippen molar-refractivity contribution in [2.45, 2.75) is 443 Å². The van der Waals surface area contributed by atoms with Crippen LogP contribution in [0.3, 0.4) is 0 Å². The van der Waals surface area contributed by atoms with Gasteiger partial charge in [-0.1, -0.05) is 340 Å². The Labute approximate surface area is 904 Å². The number of rotatable bonds is 5. The van der Waals surface area contributed by atoms with E-state index in [4.69, 9.17) is 26.6 Å². The summed E-state index contributed by atoms with van der Waals surface area (Å²) in [7, 11) is 1.94. The quantitative estimate of drug-likeness (QED) is 0.154. The molecular weight excluding hydrogens is 1960 g/mol. The Kier molecular flexibility index (Phi) is 52.2. The van der Waals surface area contributed by atoms with Crippen molar-refractivity contribution >= 4 is 90.9 Å². The molecule has 14 heterocycles. The molecule has 0 bridgehead atoms. The van der Waals surface area contributed by atoms with Crippen molar-refractivity contribution in [3.05, 3.63) is 183 Å². The Bertz CT molecular complexity index is 5490. The summed E-state index contributed by atoms with van der Waals surface area (Å²) < 4.78 is 33.0. The Morgan fingerprint density at radius 3 is 1.14 bits per heavy atom. The molecule has 1 aromatic carbocycles. The summed E-state index contributed by atoms with van der Waals surface area (Å²) in [4.78, 5) is 55.6. The fourth-order valence-corrected chi connectivity index (χ4v) is 15.5. The molecule has 31 nitrogen and oxygen atoms in total. The van der Waals surface area contributed by atoms with Crippen molar-refractivity contribution in [1.82, 2.24) is 106 Å². The SMILES string of the molecule is CC(=O)Cc1nnc(C(C)(C)C)o1.CC(C)(C)C1=NC(=O)CC1.CC(C)(C)C1=NCCS1.CC(C)(C)c1ncco1.CC(C)(C)c1nccs1.CC(C)(C)c1nncs1.CCc1csc(C(C)(C)C)n1.CCc1nnc(C(C)(C)C)o1.Cc1csc(C(C)(C)C)n1.Cc1nnc(C(C)(C)C)o1.Cc1nnc(C(C)(C)C)o1.Cc1nnc(C(C)(C)C)s1.Cc1noc(C(C)(C)C)n1.Cn1nc(C(C)(C)C)nc1-c1ccccc1. The van der Waals surface area contributed by atoms with Gasteiger partial charge in [0.05, 0.1) is 38.4 Å². The van der Waals surface area contributed by atoms with Gasteiger partial charge in [-0.05, 0) is 40.5 Å². The maximum absolute atomic E-state index is 10.7. The molecule has 0 aliphatic carbocycles. The molecule has 0 saturated carbocycles. The van der Waals surface area contributed by atoms with Crippen molar-refractivity contribution in [2.24, 2.45) is 27.9 Å². The molecule has 37 heteroatoms. The van der Waals surface area contributed by atoms with Crippen LogP contribution in [0.25, 0.3) is 11.4 Å². The molecule has 1 amide bonds. The van der Waals surface area contributed by atoms with Gasteiger partial charge in [-0.3, -0.25) is 14.6 Å². The van der Waals surface area contributed by atoms with Gasteiger partial charge in [0.15, 0.2) is 23.4 Å². The number of benzene rings is 1. The van der Waals surface area contributed by atoms with E-state index in [9.17, 15) is 9.59 Å². The molecule has 15 rings (SSSR count). The third-order valence-electron chi connectivity index (χ3n) is 19.0. The molecule has 2 aliphatic rings. The summed E-state index contributed by atoms with van der Waals surface area (Å²) >= 11 is 10.4. The fraction of sp³-hybridized carbons (Fsp3) is 0.655. The molecule has 0 spiro atoms. The first kappa shape index (κ1) is 133. The Morgan fingerprint density at radius 1 is 0.422 bits per heavy atom. The van der Waals surface area contributed by atoms with E-state index in [0.717, 1.165) is 81.2 Å². The van der Waals surface area contributed by atoms with Crippen LogP contribution in [0.15, 0.2) is 107 Å². The number of aliphatic imine (C=N–C) groups is 2. The molecule has 0 atom stereocenters. The minimum Gasteiger partial charge on any atom is -0.448 e. The normalized spacial score (nSPS) is 12.9. The Morgan fingerprint density at radius 2 is 0.898 bits per heavy atom. The zero-order valence-electron chi connectivity index (χ0n) is 98.9. The van der Waals surface area contributed by atoms with Gasteiger partial charge in [0, 0.05) is 161 Å². The molecule has 13 aromatic rings. The molecule has 0 radical (unpaired) electrons. The van der Waals surface area contributed by atoms with Crippen LogP contribution in [0.5, 0.6) is 0 Å². The third-order valence-corrected chi connectivity index (χ3v) is 26.6. The highest BCUT2D eigenvalue weighted by Gasteiger charge is 2.30. The zero-order chi connectivity index (χ0) is 113. The zero-order valence-corrected chi connectivity index (χ0v) is 104. The molecule has 818 valence electrons. The minimum absolute atomic E-state index is 0.00914. The number of nitrogens with zero attached hydrogens (tertiary/aromatic N) is 23. The van der Waals surface area contributed by atoms with Crippen LogP contribution in [0.4, 0.5) is 0 Å². The maximum Gasteiger partial charge on any atom is 0.245 e. The lowest BCUT2D eigenvalue weighted by atomic mass is 9.88. The molecule has 0 saturated heterocycles. The van der Waals surface area contributed by atoms with Crippen LogP contribution in [0, 0.1) is 45.4 Å². The summed E-state index contributed by atoms with van der Waals surface area (Å²) in [5, 5.41) is 69.2. The second-order valence-electron chi connectivity index (χ2n) is 49.7. The standard InChI is InChI=1S/C13H17N3.C9H14N2O2.C9H15NS.C8H14N2O.C8H13NO.C8H13NS.3C7H12N2O.C7H12N2S.C7H11NO.C7H13NS.C7H11NS.C6H10N2S/c1-13(2,3)12-14-11(16(4)15-12)10-8-6-5-7-9-10;1-6(12)5-7-10-11-8(13-7)9(2,3)4;1-5-7-6-11-8(10-7)9(2,3)4;1-5-6-9-10-7(11-6)8(2,3)4;1-8(2,3)6-4-5-7(10)9-6;1-6-5-10-7(9-6)8(2,3)4;2*1-5-8-9-6(10-5)7(2,3)4;1-5-8-6(10-9-5)7(2,3)4;1-5-8-9-6(10-5)7(2,3)4;3*1-7(2,3)6-8-4-5-9-6;1-6(2,3)5-8-7-4-9-5/h5-9H,1-4H3;5H2,1-4H3;6H,5H2,1-4H3;5H2,1-4H3;4-5H2,1-3H3;5H,1-4H3;4*1-4H3;4-5H,1-3H3;4-5H2,1-3H3;4-5H,1-3H3;4H,1-3H3. The second kappa shape index (κ2) is 57.5. The van der Waals surface area contributed by atoms with Crippen molar-refractivity contribution in [2.75, 3.05) is 12.3 Å². The number of carbonyl (C=O) groups excluding carboxylic acids is 2. The molecular formula is C110H179N23O8S6. The lowest BCUT2D eigenvalue weighted by Crippen LogP contribution is -2.17. The summed E-state index contributed by atoms with van der Waals surface area (Å²) in [6.07, 6.45) is 8.68. The van der Waals surface area contributed by atoms with Crippen molar-refractivity contribution in [3.63, 3.8) is 0 Å². The largest absolute Gasteiger partial charge is 0.448 e. The van der Waals surface area contributed by atoms with Crippen LogP contribution in [-0.2, 0) is 101 Å². The van der Waals surface area contributed by atoms with E-state index in [1.165, 1.54) is 38.4 Å². The lowest BCUT2D eigenvalue weighted by Gasteiger charge is -2.16. The van der Waals surface area contributed by atoms with E-state index in [0.29, 0.717) is 64.8 Å². The number of Topliss-reactive ketones (excluding diaryl/α,β-unsaturated/α-hetero) is 1. The van der Waals surface area contributed by atoms with E-state index >= 15 is 0 Å². The summed E-state index contributed by atoms with van der Waals surface area (Å²) in [6.45, 7) is 105. The predicted octanol–water partition coefficient (Wildman–Crippen LogP) is 29.4. The lowest BCUT2D eigenvalue weighted by molar-refractivity contribution is -0.117. The smallest absolute Gasteiger partial charge is 0.245 e. The Balaban J connectivity index is 0.000000536. The van der Waals surface area contributed by atoms with Gasteiger partial charge in [0.25, 0.3) is 0 Å². The Hall–Kier alpha value is -9.69. The highest BCUT2D eigenvalue weighted by molar-refractivity contribution is 8.14. The van der Waals surface area contributed by atoms with Crippen LogP contribution in [-0.4, -0.2) is 141 Å². The number of thiazole rings is 3. The molecule has 147 heavy (non-hydrogen) atoms. The number of aromatic nitrogens is 21. The topological polar surface area (TPSA) is 400 Å². The van der Waals surface area contributed by atoms with Gasteiger partial charge in [0.2, 0.25) is 58.9 Å². The van der Waals surface area contributed by atoms with Crippen LogP contribution in [0.2, 0.25) is 0 Å². The van der Waals surface area contributed by atoms with E-state index < -0.39 is 0 Å². The van der Waals surface area contributed by atoms with Gasteiger partial charge in [-0.25, -0.2) is 34.6 Å². The van der Waals surface area contributed by atoms with E-state index in [-0.39, 0.29) is 88.5 Å². The van der Waals surface area contributed by atoms with Gasteiger partial charge in [-0.15, -0.1) is 130 Å². The fourth-order valence-electron chi connectivity index (χ4n) is 10.5. The maximum atomic E-state index is 10.7. The monoisotopic (exact) mass is 2140 g/mol. The molecule has 0 N–H and O–H groups in total. The number of oxazole rings is 1. The molecule has 0 unspecified atom stereocenters. The number of aryl methyl sites for hydroxylation is 8. The highest BCUT2D eigenvalue weighted by atomic mass is 32.2. The number of carbonyl (C=O) groups is 2. The summed E-state index contributed by atoms with van der Waals surface area (Å²) in [5.41, 5.74) is 7.44. The predicted molar refractivity (Wildman–Crippen MR) is 607 cm³/mol. The average molecular weight is 2140 g/mol. The summed E-state index contributed by atoms with van der Waals surface area (Å²) in [6, 6.07) is 10.1. The first-order valence-corrected chi connectivity index (χ1v) is 55.3. The minimum atomic E-state index is -0.151. The second-order valence-corrected chi connectivity index (χ2v) is 55.4. The average Bonchev–Trinajstić information content (AvgIpc) is 1.68. The van der Waals surface area contributed by atoms with Crippen molar-refractivity contribution in [1.29, 1.82) is 0 Å². The van der Waals surface area contributed by atoms with Crippen LogP contribution < -0.4 is 0 Å².